The van der Waals surface area contributed by atoms with E-state index in [1.807, 2.05) is 12.3 Å². The van der Waals surface area contributed by atoms with Crippen molar-refractivity contribution >= 4 is 17.6 Å². The molecule has 0 aliphatic heterocycles. The zero-order valence-corrected chi connectivity index (χ0v) is 14.2. The molecule has 0 saturated carbocycles. The fourth-order valence-electron chi connectivity index (χ4n) is 2.72. The van der Waals surface area contributed by atoms with Crippen molar-refractivity contribution in [3.05, 3.63) is 95.7 Å². The van der Waals surface area contributed by atoms with E-state index in [1.165, 1.54) is 11.3 Å². The molecule has 2 aromatic rings. The van der Waals surface area contributed by atoms with E-state index in [1.54, 1.807) is 0 Å². The molecule has 0 spiro atoms. The number of rotatable bonds is 4. The van der Waals surface area contributed by atoms with Crippen molar-refractivity contribution in [2.24, 2.45) is 4.99 Å². The zero-order valence-electron chi connectivity index (χ0n) is 14.2. The van der Waals surface area contributed by atoms with E-state index in [9.17, 15) is 0 Å². The highest BCUT2D eigenvalue weighted by molar-refractivity contribution is 5.84. The van der Waals surface area contributed by atoms with E-state index in [-0.39, 0.29) is 0 Å². The van der Waals surface area contributed by atoms with Crippen LogP contribution in [0.2, 0.25) is 0 Å². The monoisotopic (exact) mass is 314 g/mol. The van der Waals surface area contributed by atoms with Crippen molar-refractivity contribution in [2.45, 2.75) is 13.3 Å². The van der Waals surface area contributed by atoms with Crippen LogP contribution in [0.4, 0.5) is 11.4 Å². The van der Waals surface area contributed by atoms with Crippen molar-refractivity contribution in [3.63, 3.8) is 0 Å². The molecule has 0 bridgehead atoms. The first-order valence-corrected chi connectivity index (χ1v) is 8.20. The molecule has 3 rings (SSSR count). The normalized spacial score (nSPS) is 13.8. The molecule has 0 radical (unpaired) electrons. The summed E-state index contributed by atoms with van der Waals surface area (Å²) in [6.45, 7) is 2.10. The first-order chi connectivity index (χ1) is 11.7. The van der Waals surface area contributed by atoms with E-state index < -0.39 is 0 Å². The molecule has 120 valence electrons. The van der Waals surface area contributed by atoms with Gasteiger partial charge in [0, 0.05) is 25.4 Å². The van der Waals surface area contributed by atoms with Gasteiger partial charge in [0.05, 0.1) is 11.4 Å². The molecule has 2 nitrogen and oxygen atoms in total. The third-order valence-corrected chi connectivity index (χ3v) is 4.04. The third-order valence-electron chi connectivity index (χ3n) is 4.04. The minimum absolute atomic E-state index is 0.916. The average Bonchev–Trinajstić information content (AvgIpc) is 2.89. The van der Waals surface area contributed by atoms with Crippen molar-refractivity contribution < 1.29 is 0 Å². The number of hydrogen-bond acceptors (Lipinski definition) is 2. The van der Waals surface area contributed by atoms with E-state index in [0.29, 0.717) is 0 Å². The number of allylic oxidation sites excluding steroid dienone is 5. The Balaban J connectivity index is 1.89. The number of benzene rings is 2. The summed E-state index contributed by atoms with van der Waals surface area (Å²) in [5, 5.41) is 0. The molecule has 1 aliphatic carbocycles. The van der Waals surface area contributed by atoms with Crippen LogP contribution >= 0.6 is 0 Å². The summed E-state index contributed by atoms with van der Waals surface area (Å²) in [7, 11) is 2.10. The van der Waals surface area contributed by atoms with Crippen molar-refractivity contribution in [1.29, 1.82) is 0 Å². The average molecular weight is 314 g/mol. The number of aryl methyl sites for hydroxylation is 1. The number of hydrogen-bond donors (Lipinski definition) is 0. The maximum Gasteiger partial charge on any atom is 0.0866 e. The van der Waals surface area contributed by atoms with Crippen LogP contribution in [-0.4, -0.2) is 13.3 Å². The molecule has 0 heterocycles. The number of para-hydroxylation sites is 2. The standard InChI is InChI=1S/C22H22N2/c1-18-10-9-11-19(16-18)17-23-21-14-7-8-15-22(21)24(2)20-12-5-3-4-6-13-20/h3-12,14-17H,13H2,1-2H3. The van der Waals surface area contributed by atoms with Crippen molar-refractivity contribution in [3.8, 4) is 0 Å². The number of anilines is 1. The molecular formula is C22H22N2. The predicted molar refractivity (Wildman–Crippen MR) is 104 cm³/mol. The van der Waals surface area contributed by atoms with Gasteiger partial charge < -0.3 is 4.90 Å². The third kappa shape index (κ3) is 3.90. The van der Waals surface area contributed by atoms with Crippen LogP contribution in [0.25, 0.3) is 0 Å². The Morgan fingerprint density at radius 1 is 1.00 bits per heavy atom. The van der Waals surface area contributed by atoms with Gasteiger partial charge in [-0.05, 0) is 30.7 Å². The maximum atomic E-state index is 4.73. The number of aliphatic imine (C=N–C) groups is 1. The van der Waals surface area contributed by atoms with Gasteiger partial charge in [-0.25, -0.2) is 0 Å². The topological polar surface area (TPSA) is 15.6 Å². The fourth-order valence-corrected chi connectivity index (χ4v) is 2.72. The van der Waals surface area contributed by atoms with Gasteiger partial charge in [-0.1, -0.05) is 66.3 Å². The summed E-state index contributed by atoms with van der Waals surface area (Å²) >= 11 is 0. The van der Waals surface area contributed by atoms with E-state index in [2.05, 4.69) is 91.7 Å². The molecule has 0 unspecified atom stereocenters. The second-order valence-corrected chi connectivity index (χ2v) is 5.90. The Hall–Kier alpha value is -2.87. The molecule has 0 atom stereocenters. The number of nitrogens with zero attached hydrogens (tertiary/aromatic N) is 2. The van der Waals surface area contributed by atoms with Crippen molar-refractivity contribution in [2.75, 3.05) is 11.9 Å². The minimum Gasteiger partial charge on any atom is -0.346 e. The van der Waals surface area contributed by atoms with E-state index in [4.69, 9.17) is 4.99 Å². The van der Waals surface area contributed by atoms with Crippen LogP contribution in [0.15, 0.2) is 89.6 Å². The lowest BCUT2D eigenvalue weighted by Gasteiger charge is -2.23. The molecule has 2 heteroatoms. The van der Waals surface area contributed by atoms with Gasteiger partial charge in [0.2, 0.25) is 0 Å². The molecule has 24 heavy (non-hydrogen) atoms. The Morgan fingerprint density at radius 3 is 2.75 bits per heavy atom. The van der Waals surface area contributed by atoms with Gasteiger partial charge in [0.15, 0.2) is 0 Å². The molecular weight excluding hydrogens is 292 g/mol. The van der Waals surface area contributed by atoms with Crippen LogP contribution in [0.1, 0.15) is 17.5 Å². The Morgan fingerprint density at radius 2 is 1.88 bits per heavy atom. The molecule has 0 amide bonds. The summed E-state index contributed by atoms with van der Waals surface area (Å²) in [6.07, 6.45) is 13.4. The largest absolute Gasteiger partial charge is 0.346 e. The highest BCUT2D eigenvalue weighted by Crippen LogP contribution is 2.31. The van der Waals surface area contributed by atoms with Gasteiger partial charge in [0.1, 0.15) is 0 Å². The summed E-state index contributed by atoms with van der Waals surface area (Å²) in [4.78, 5) is 6.94. The molecule has 0 fully saturated rings. The van der Waals surface area contributed by atoms with Crippen LogP contribution in [0.3, 0.4) is 0 Å². The molecule has 0 aromatic heterocycles. The van der Waals surface area contributed by atoms with Gasteiger partial charge in [0.25, 0.3) is 0 Å². The molecule has 0 saturated heterocycles. The lowest BCUT2D eigenvalue weighted by Crippen LogP contribution is -2.16. The Kier molecular flexibility index (Phi) is 5.07. The van der Waals surface area contributed by atoms with Gasteiger partial charge in [-0.2, -0.15) is 0 Å². The first kappa shape index (κ1) is 16.0. The van der Waals surface area contributed by atoms with Crippen LogP contribution in [0, 0.1) is 6.92 Å². The van der Waals surface area contributed by atoms with Crippen LogP contribution in [-0.2, 0) is 0 Å². The van der Waals surface area contributed by atoms with Crippen LogP contribution in [0.5, 0.6) is 0 Å². The minimum atomic E-state index is 0.916. The Bertz CT molecular complexity index is 825. The highest BCUT2D eigenvalue weighted by atomic mass is 15.1. The van der Waals surface area contributed by atoms with Crippen molar-refractivity contribution in [1.82, 2.24) is 0 Å². The first-order valence-electron chi connectivity index (χ1n) is 8.20. The maximum absolute atomic E-state index is 4.73. The molecule has 0 N–H and O–H groups in total. The quantitative estimate of drug-likeness (QED) is 0.672. The van der Waals surface area contributed by atoms with E-state index in [0.717, 1.165) is 23.4 Å². The van der Waals surface area contributed by atoms with E-state index >= 15 is 0 Å². The highest BCUT2D eigenvalue weighted by Gasteiger charge is 2.10. The second kappa shape index (κ2) is 7.60. The lowest BCUT2D eigenvalue weighted by molar-refractivity contribution is 1.03. The predicted octanol–water partition coefficient (Wildman–Crippen LogP) is 5.58. The smallest absolute Gasteiger partial charge is 0.0866 e. The SMILES string of the molecule is Cc1cccc(C=Nc2ccccc2N(C)C2=CC=CC=CC2)c1. The van der Waals surface area contributed by atoms with Gasteiger partial charge in [-0.3, -0.25) is 4.99 Å². The molecule has 1 aliphatic rings. The summed E-state index contributed by atoms with van der Waals surface area (Å²) in [6, 6.07) is 16.6. The Labute approximate surface area is 144 Å². The fraction of sp³-hybridized carbons (Fsp3) is 0.136. The second-order valence-electron chi connectivity index (χ2n) is 5.90. The van der Waals surface area contributed by atoms with Gasteiger partial charge in [-0.15, -0.1) is 0 Å². The van der Waals surface area contributed by atoms with Crippen LogP contribution < -0.4 is 4.90 Å². The molecule has 2 aromatic carbocycles. The lowest BCUT2D eigenvalue weighted by atomic mass is 10.1. The van der Waals surface area contributed by atoms with Gasteiger partial charge >= 0.3 is 0 Å². The summed E-state index contributed by atoms with van der Waals surface area (Å²) < 4.78 is 0. The summed E-state index contributed by atoms with van der Waals surface area (Å²) in [5.41, 5.74) is 5.69. The zero-order chi connectivity index (χ0) is 16.8. The summed E-state index contributed by atoms with van der Waals surface area (Å²) in [5.74, 6) is 0.